The van der Waals surface area contributed by atoms with Crippen molar-refractivity contribution in [1.82, 2.24) is 0 Å². The summed E-state index contributed by atoms with van der Waals surface area (Å²) in [4.78, 5) is 3.53. The molecule has 0 N–H and O–H groups in total. The second-order valence-electron chi connectivity index (χ2n) is 12.5. The van der Waals surface area contributed by atoms with Gasteiger partial charge in [-0.25, -0.2) is 0 Å². The molecule has 0 aliphatic carbocycles. The lowest BCUT2D eigenvalue weighted by Crippen LogP contribution is -1.95. The van der Waals surface area contributed by atoms with Crippen molar-refractivity contribution in [1.29, 1.82) is 0 Å². The SMILES string of the molecule is c1ccc(-c2csc(-c3ccc(-c4ccc5c6ccccc6c6ccccc6c5c4)c(-c4ccc5c(c4)Oc4ccccc4S5)c3)c2)cc1. The summed E-state index contributed by atoms with van der Waals surface area (Å²) in [6, 6.07) is 59.4. The summed E-state index contributed by atoms with van der Waals surface area (Å²) in [6.45, 7) is 0. The van der Waals surface area contributed by atoms with Crippen molar-refractivity contribution in [3.8, 4) is 55.3 Å². The van der Waals surface area contributed by atoms with Crippen molar-refractivity contribution in [2.75, 3.05) is 0 Å². The molecular weight excluding hydrogens is 633 g/mol. The summed E-state index contributed by atoms with van der Waals surface area (Å²) in [7, 11) is 0. The number of thiophene rings is 1. The highest BCUT2D eigenvalue weighted by Gasteiger charge is 2.20. The Kier molecular flexibility index (Phi) is 6.68. The van der Waals surface area contributed by atoms with Crippen LogP contribution in [0.15, 0.2) is 179 Å². The molecule has 0 bridgehead atoms. The monoisotopic (exact) mass is 660 g/mol. The summed E-state index contributed by atoms with van der Waals surface area (Å²) in [5.41, 5.74) is 8.42. The van der Waals surface area contributed by atoms with Crippen LogP contribution in [0.5, 0.6) is 11.5 Å². The molecule has 9 aromatic rings. The van der Waals surface area contributed by atoms with Gasteiger partial charge in [0.25, 0.3) is 0 Å². The fraction of sp³-hybridized carbons (Fsp3) is 0. The van der Waals surface area contributed by atoms with Gasteiger partial charge in [-0.3, -0.25) is 0 Å². The zero-order valence-electron chi connectivity index (χ0n) is 26.4. The highest BCUT2D eigenvalue weighted by atomic mass is 32.2. The molecule has 0 unspecified atom stereocenters. The second-order valence-corrected chi connectivity index (χ2v) is 14.5. The zero-order chi connectivity index (χ0) is 32.3. The van der Waals surface area contributed by atoms with Crippen LogP contribution >= 0.6 is 23.1 Å². The van der Waals surface area contributed by atoms with Gasteiger partial charge in [0.1, 0.15) is 11.5 Å². The van der Waals surface area contributed by atoms with Crippen LogP contribution in [0.1, 0.15) is 0 Å². The van der Waals surface area contributed by atoms with Crippen LogP contribution in [0.2, 0.25) is 0 Å². The first-order valence-corrected chi connectivity index (χ1v) is 18.2. The van der Waals surface area contributed by atoms with Crippen LogP contribution in [0, 0.1) is 0 Å². The van der Waals surface area contributed by atoms with E-state index in [4.69, 9.17) is 4.74 Å². The largest absolute Gasteiger partial charge is 0.455 e. The maximum atomic E-state index is 6.48. The number of ether oxygens (including phenoxy) is 1. The number of hydrogen-bond acceptors (Lipinski definition) is 3. The molecule has 0 saturated carbocycles. The van der Waals surface area contributed by atoms with E-state index in [9.17, 15) is 0 Å². The maximum Gasteiger partial charge on any atom is 0.142 e. The molecule has 0 amide bonds. The molecular formula is C46H28OS2. The molecule has 8 aromatic carbocycles. The average Bonchev–Trinajstić information content (AvgIpc) is 3.68. The molecule has 1 nitrogen and oxygen atoms in total. The first-order valence-electron chi connectivity index (χ1n) is 16.5. The van der Waals surface area contributed by atoms with Crippen molar-refractivity contribution < 1.29 is 4.74 Å². The first kappa shape index (κ1) is 28.4. The highest BCUT2D eigenvalue weighted by Crippen LogP contribution is 2.49. The normalized spacial score (nSPS) is 12.2. The van der Waals surface area contributed by atoms with Gasteiger partial charge in [-0.2, -0.15) is 0 Å². The van der Waals surface area contributed by atoms with Crippen LogP contribution in [0.4, 0.5) is 0 Å². The molecule has 0 fully saturated rings. The van der Waals surface area contributed by atoms with E-state index >= 15 is 0 Å². The van der Waals surface area contributed by atoms with E-state index in [1.807, 2.05) is 12.1 Å². The van der Waals surface area contributed by atoms with E-state index in [0.717, 1.165) is 26.9 Å². The zero-order valence-corrected chi connectivity index (χ0v) is 28.0. The molecule has 10 rings (SSSR count). The minimum Gasteiger partial charge on any atom is -0.455 e. The molecule has 0 radical (unpaired) electrons. The van der Waals surface area contributed by atoms with Gasteiger partial charge in [0.2, 0.25) is 0 Å². The van der Waals surface area contributed by atoms with Crippen LogP contribution in [0.3, 0.4) is 0 Å². The summed E-state index contributed by atoms with van der Waals surface area (Å²) >= 11 is 3.56. The van der Waals surface area contributed by atoms with E-state index in [0.29, 0.717) is 0 Å². The molecule has 49 heavy (non-hydrogen) atoms. The quantitative estimate of drug-likeness (QED) is 0.174. The van der Waals surface area contributed by atoms with Gasteiger partial charge in [0.05, 0.1) is 9.79 Å². The van der Waals surface area contributed by atoms with Crippen LogP contribution < -0.4 is 4.74 Å². The van der Waals surface area contributed by atoms with Crippen molar-refractivity contribution in [2.45, 2.75) is 9.79 Å². The number of benzene rings is 8. The van der Waals surface area contributed by atoms with Gasteiger partial charge < -0.3 is 4.74 Å². The van der Waals surface area contributed by atoms with Gasteiger partial charge in [0.15, 0.2) is 0 Å². The summed E-state index contributed by atoms with van der Waals surface area (Å²) in [5, 5.41) is 9.96. The van der Waals surface area contributed by atoms with Crippen LogP contribution in [-0.2, 0) is 0 Å². The van der Waals surface area contributed by atoms with Gasteiger partial charge in [-0.05, 0) is 119 Å². The molecule has 1 aromatic heterocycles. The molecule has 1 aliphatic rings. The predicted molar refractivity (Wildman–Crippen MR) is 209 cm³/mol. The molecule has 0 spiro atoms. The lowest BCUT2D eigenvalue weighted by molar-refractivity contribution is 0.455. The summed E-state index contributed by atoms with van der Waals surface area (Å²) < 4.78 is 6.48. The van der Waals surface area contributed by atoms with Crippen LogP contribution in [0.25, 0.3) is 76.1 Å². The Labute approximate surface area is 293 Å². The summed E-state index contributed by atoms with van der Waals surface area (Å²) in [6.07, 6.45) is 0. The Morgan fingerprint density at radius 1 is 0.347 bits per heavy atom. The third-order valence-electron chi connectivity index (χ3n) is 9.61. The first-order chi connectivity index (χ1) is 24.3. The fourth-order valence-corrected chi connectivity index (χ4v) is 9.08. The molecule has 230 valence electrons. The molecule has 0 atom stereocenters. The molecule has 2 heterocycles. The van der Waals surface area contributed by atoms with Gasteiger partial charge in [0, 0.05) is 4.88 Å². The highest BCUT2D eigenvalue weighted by molar-refractivity contribution is 7.99. The lowest BCUT2D eigenvalue weighted by Gasteiger charge is -2.21. The van der Waals surface area contributed by atoms with Crippen molar-refractivity contribution >= 4 is 55.4 Å². The third kappa shape index (κ3) is 4.85. The van der Waals surface area contributed by atoms with E-state index in [1.165, 1.54) is 70.6 Å². The van der Waals surface area contributed by atoms with E-state index < -0.39 is 0 Å². The number of fused-ring (bicyclic) bond motifs is 8. The lowest BCUT2D eigenvalue weighted by atomic mass is 9.89. The summed E-state index contributed by atoms with van der Waals surface area (Å²) in [5.74, 6) is 1.81. The average molecular weight is 661 g/mol. The smallest absolute Gasteiger partial charge is 0.142 e. The van der Waals surface area contributed by atoms with Crippen molar-refractivity contribution in [2.24, 2.45) is 0 Å². The van der Waals surface area contributed by atoms with E-state index in [1.54, 1.807) is 23.1 Å². The minimum absolute atomic E-state index is 0.899. The number of rotatable bonds is 4. The van der Waals surface area contributed by atoms with Crippen LogP contribution in [-0.4, -0.2) is 0 Å². The molecule has 0 saturated heterocycles. The fourth-order valence-electron chi connectivity index (χ4n) is 7.23. The predicted octanol–water partition coefficient (Wildman–Crippen LogP) is 14.1. The van der Waals surface area contributed by atoms with E-state index in [2.05, 4.69) is 157 Å². The van der Waals surface area contributed by atoms with Gasteiger partial charge in [-0.1, -0.05) is 133 Å². The Morgan fingerprint density at radius 3 is 1.76 bits per heavy atom. The Balaban J connectivity index is 1.16. The number of para-hydroxylation sites is 1. The Hall–Kier alpha value is -5.61. The number of hydrogen-bond donors (Lipinski definition) is 0. The molecule has 3 heteroatoms. The Morgan fingerprint density at radius 2 is 0.959 bits per heavy atom. The van der Waals surface area contributed by atoms with Crippen molar-refractivity contribution in [3.63, 3.8) is 0 Å². The topological polar surface area (TPSA) is 9.23 Å². The third-order valence-corrected chi connectivity index (χ3v) is 11.7. The second kappa shape index (κ2) is 11.5. The van der Waals surface area contributed by atoms with Gasteiger partial charge >= 0.3 is 0 Å². The minimum atomic E-state index is 0.899. The maximum absolute atomic E-state index is 6.48. The van der Waals surface area contributed by atoms with Crippen molar-refractivity contribution in [3.05, 3.63) is 169 Å². The van der Waals surface area contributed by atoms with E-state index in [-0.39, 0.29) is 0 Å². The standard InChI is InChI=1S/C46H28OS2/c1-2-10-29(11-3-1)33-27-46(48-28-33)32-19-21-34(40(25-32)31-20-23-45-43(26-31)47-42-16-8-9-17-44(42)49-45)30-18-22-39-37-14-5-4-12-35(37)36-13-6-7-15-38(36)41(39)24-30/h1-28H. The Bertz CT molecular complexity index is 2690. The van der Waals surface area contributed by atoms with Gasteiger partial charge in [-0.15, -0.1) is 11.3 Å². The molecule has 1 aliphatic heterocycles.